The highest BCUT2D eigenvalue weighted by atomic mass is 19.4. The zero-order chi connectivity index (χ0) is 16.2. The minimum absolute atomic E-state index is 0.0579. The van der Waals surface area contributed by atoms with Crippen LogP contribution in [0.5, 0.6) is 5.75 Å². The quantitative estimate of drug-likeness (QED) is 0.706. The summed E-state index contributed by atoms with van der Waals surface area (Å²) in [5.41, 5.74) is -0.779. The van der Waals surface area contributed by atoms with E-state index in [1.807, 2.05) is 0 Å². The lowest BCUT2D eigenvalue weighted by Crippen LogP contribution is -2.41. The lowest BCUT2D eigenvalue weighted by Gasteiger charge is -2.12. The van der Waals surface area contributed by atoms with Crippen LogP contribution in [0.4, 0.5) is 13.2 Å². The van der Waals surface area contributed by atoms with Crippen LogP contribution >= 0.6 is 0 Å². The fourth-order valence-corrected chi connectivity index (χ4v) is 2.15. The molecule has 1 aromatic carbocycles. The van der Waals surface area contributed by atoms with E-state index in [-0.39, 0.29) is 24.8 Å². The highest BCUT2D eigenvalue weighted by molar-refractivity contribution is 5.82. The lowest BCUT2D eigenvalue weighted by atomic mass is 10.2. The smallest absolute Gasteiger partial charge is 0.416 e. The highest BCUT2D eigenvalue weighted by Gasteiger charge is 2.30. The molecule has 1 amide bonds. The number of β-amino-alcohol motifs (C(OH)–C–C–N with tert-alkyl or cyclic N) is 1. The third kappa shape index (κ3) is 4.60. The molecule has 0 spiro atoms. The number of hydrogen-bond acceptors (Lipinski definition) is 4. The molecule has 1 aromatic rings. The highest BCUT2D eigenvalue weighted by Crippen LogP contribution is 2.31. The minimum atomic E-state index is -4.41. The van der Waals surface area contributed by atoms with Crippen LogP contribution in [-0.4, -0.2) is 42.9 Å². The molecule has 22 heavy (non-hydrogen) atoms. The topological polar surface area (TPSA) is 70.6 Å². The van der Waals surface area contributed by atoms with E-state index in [9.17, 15) is 23.1 Å². The summed E-state index contributed by atoms with van der Waals surface area (Å²) in [6.45, 7) is 0.602. The second kappa shape index (κ2) is 6.97. The van der Waals surface area contributed by atoms with Crippen LogP contribution in [0.3, 0.4) is 0 Å². The van der Waals surface area contributed by atoms with Gasteiger partial charge in [0.15, 0.2) is 0 Å². The summed E-state index contributed by atoms with van der Waals surface area (Å²) in [7, 11) is 0. The van der Waals surface area contributed by atoms with E-state index >= 15 is 0 Å². The first kappa shape index (κ1) is 16.6. The molecule has 2 rings (SSSR count). The molecule has 0 aromatic heterocycles. The van der Waals surface area contributed by atoms with E-state index < -0.39 is 23.9 Å². The largest absolute Gasteiger partial charge is 0.492 e. The fraction of sp³-hybridized carbons (Fsp3) is 0.500. The van der Waals surface area contributed by atoms with Crippen molar-refractivity contribution < 1.29 is 27.8 Å². The van der Waals surface area contributed by atoms with Gasteiger partial charge in [0.05, 0.1) is 24.3 Å². The maximum atomic E-state index is 12.5. The Hall–Kier alpha value is -1.80. The number of aliphatic hydroxyl groups is 1. The Labute approximate surface area is 125 Å². The Kier molecular flexibility index (Phi) is 5.25. The molecular weight excluding hydrogens is 301 g/mol. The Balaban J connectivity index is 1.74. The van der Waals surface area contributed by atoms with Gasteiger partial charge in [-0.15, -0.1) is 0 Å². The standard InChI is InChI=1S/C14H17F3N2O3/c15-14(16,17)9-2-1-3-11(6-9)22-5-4-18-13(21)12-7-10(20)8-19-12/h1-3,6,10,12,19-20H,4-5,7-8H2,(H,18,21)/t10-,12-/m1/s1. The van der Waals surface area contributed by atoms with Gasteiger partial charge in [0.2, 0.25) is 5.91 Å². The molecule has 1 saturated heterocycles. The first-order chi connectivity index (χ1) is 10.4. The predicted octanol–water partition coefficient (Wildman–Crippen LogP) is 0.923. The second-order valence-electron chi connectivity index (χ2n) is 5.02. The van der Waals surface area contributed by atoms with Crippen molar-refractivity contribution in [1.29, 1.82) is 0 Å². The van der Waals surface area contributed by atoms with Crippen molar-refractivity contribution in [2.24, 2.45) is 0 Å². The molecule has 1 aliphatic heterocycles. The van der Waals surface area contributed by atoms with Gasteiger partial charge in [-0.05, 0) is 24.6 Å². The number of alkyl halides is 3. The molecule has 0 saturated carbocycles. The average Bonchev–Trinajstić information content (AvgIpc) is 2.89. The molecule has 0 unspecified atom stereocenters. The Morgan fingerprint density at radius 3 is 2.86 bits per heavy atom. The number of carbonyl (C=O) groups excluding carboxylic acids is 1. The summed E-state index contributed by atoms with van der Waals surface area (Å²) >= 11 is 0. The minimum Gasteiger partial charge on any atom is -0.492 e. The molecule has 122 valence electrons. The van der Waals surface area contributed by atoms with E-state index in [0.29, 0.717) is 13.0 Å². The first-order valence-electron chi connectivity index (χ1n) is 6.85. The number of hydrogen-bond donors (Lipinski definition) is 3. The van der Waals surface area contributed by atoms with Gasteiger partial charge in [-0.25, -0.2) is 0 Å². The van der Waals surface area contributed by atoms with Crippen LogP contribution in [0.15, 0.2) is 24.3 Å². The van der Waals surface area contributed by atoms with Crippen LogP contribution in [0.25, 0.3) is 0 Å². The SMILES string of the molecule is O=C(NCCOc1cccc(C(F)(F)F)c1)[C@H]1C[C@@H](O)CN1. The van der Waals surface area contributed by atoms with Gasteiger partial charge >= 0.3 is 6.18 Å². The summed E-state index contributed by atoms with van der Waals surface area (Å²) in [4.78, 5) is 11.7. The maximum Gasteiger partial charge on any atom is 0.416 e. The van der Waals surface area contributed by atoms with Crippen LogP contribution < -0.4 is 15.4 Å². The number of carbonyl (C=O) groups is 1. The Bertz CT molecular complexity index is 522. The van der Waals surface area contributed by atoms with Crippen LogP contribution in [0.1, 0.15) is 12.0 Å². The van der Waals surface area contributed by atoms with E-state index in [0.717, 1.165) is 12.1 Å². The van der Waals surface area contributed by atoms with Crippen molar-refractivity contribution in [1.82, 2.24) is 10.6 Å². The molecular formula is C14H17F3N2O3. The van der Waals surface area contributed by atoms with Gasteiger partial charge in [0.1, 0.15) is 12.4 Å². The van der Waals surface area contributed by atoms with Crippen molar-refractivity contribution >= 4 is 5.91 Å². The van der Waals surface area contributed by atoms with Gasteiger partial charge in [0, 0.05) is 6.54 Å². The number of halogens is 3. The molecule has 5 nitrogen and oxygen atoms in total. The van der Waals surface area contributed by atoms with Crippen molar-refractivity contribution in [2.75, 3.05) is 19.7 Å². The molecule has 8 heteroatoms. The number of aliphatic hydroxyl groups excluding tert-OH is 1. The lowest BCUT2D eigenvalue weighted by molar-refractivity contribution is -0.137. The summed E-state index contributed by atoms with van der Waals surface area (Å²) < 4.78 is 42.8. The zero-order valence-corrected chi connectivity index (χ0v) is 11.7. The number of rotatable bonds is 5. The van der Waals surface area contributed by atoms with Crippen molar-refractivity contribution in [3.63, 3.8) is 0 Å². The number of benzene rings is 1. The molecule has 0 radical (unpaired) electrons. The van der Waals surface area contributed by atoms with E-state index in [1.165, 1.54) is 12.1 Å². The van der Waals surface area contributed by atoms with E-state index in [1.54, 1.807) is 0 Å². The molecule has 1 heterocycles. The van der Waals surface area contributed by atoms with Gasteiger partial charge in [0.25, 0.3) is 0 Å². The second-order valence-corrected chi connectivity index (χ2v) is 5.02. The average molecular weight is 318 g/mol. The van der Waals surface area contributed by atoms with E-state index in [2.05, 4.69) is 10.6 Å². The molecule has 3 N–H and O–H groups in total. The Morgan fingerprint density at radius 2 is 2.23 bits per heavy atom. The summed E-state index contributed by atoms with van der Waals surface area (Å²) in [6.07, 6.45) is -4.60. The van der Waals surface area contributed by atoms with Crippen LogP contribution in [0, 0.1) is 0 Å². The van der Waals surface area contributed by atoms with Crippen LogP contribution in [-0.2, 0) is 11.0 Å². The molecule has 1 fully saturated rings. The molecule has 0 aliphatic carbocycles. The van der Waals surface area contributed by atoms with Gasteiger partial charge < -0.3 is 20.5 Å². The monoisotopic (exact) mass is 318 g/mol. The molecule has 2 atom stereocenters. The normalized spacial score (nSPS) is 21.6. The fourth-order valence-electron chi connectivity index (χ4n) is 2.15. The third-order valence-corrected chi connectivity index (χ3v) is 3.26. The number of ether oxygens (including phenoxy) is 1. The first-order valence-corrected chi connectivity index (χ1v) is 6.85. The third-order valence-electron chi connectivity index (χ3n) is 3.26. The summed E-state index contributed by atoms with van der Waals surface area (Å²) in [5.74, 6) is -0.164. The van der Waals surface area contributed by atoms with Crippen molar-refractivity contribution in [2.45, 2.75) is 24.7 Å². The van der Waals surface area contributed by atoms with Gasteiger partial charge in [-0.3, -0.25) is 4.79 Å². The number of nitrogens with one attached hydrogen (secondary N) is 2. The van der Waals surface area contributed by atoms with Gasteiger partial charge in [-0.1, -0.05) is 6.07 Å². The zero-order valence-electron chi connectivity index (χ0n) is 11.7. The predicted molar refractivity (Wildman–Crippen MR) is 72.4 cm³/mol. The van der Waals surface area contributed by atoms with Crippen molar-refractivity contribution in [3.8, 4) is 5.75 Å². The van der Waals surface area contributed by atoms with E-state index in [4.69, 9.17) is 4.74 Å². The molecule has 0 bridgehead atoms. The number of amides is 1. The maximum absolute atomic E-state index is 12.5. The van der Waals surface area contributed by atoms with Crippen LogP contribution in [0.2, 0.25) is 0 Å². The summed E-state index contributed by atoms with van der Waals surface area (Å²) in [6, 6.07) is 4.12. The molecule has 1 aliphatic rings. The van der Waals surface area contributed by atoms with Gasteiger partial charge in [-0.2, -0.15) is 13.2 Å². The Morgan fingerprint density at radius 1 is 1.45 bits per heavy atom. The summed E-state index contributed by atoms with van der Waals surface area (Å²) in [5, 5.41) is 14.8. The van der Waals surface area contributed by atoms with Crippen molar-refractivity contribution in [3.05, 3.63) is 29.8 Å².